The van der Waals surface area contributed by atoms with Crippen LogP contribution in [-0.4, -0.2) is 33.2 Å². The van der Waals surface area contributed by atoms with E-state index < -0.39 is 5.97 Å². The van der Waals surface area contributed by atoms with Crippen LogP contribution in [0, 0.1) is 0 Å². The molecule has 6 heteroatoms. The minimum Gasteiger partial charge on any atom is -0.476 e. The monoisotopic (exact) mass is 261 g/mol. The summed E-state index contributed by atoms with van der Waals surface area (Å²) in [5.41, 5.74) is 2.43. The van der Waals surface area contributed by atoms with Crippen molar-refractivity contribution in [2.24, 2.45) is 0 Å². The molecule has 6 nitrogen and oxygen atoms in total. The molecule has 1 aromatic carbocycles. The zero-order valence-electron chi connectivity index (χ0n) is 10.8. The highest BCUT2D eigenvalue weighted by atomic mass is 16.5. The van der Waals surface area contributed by atoms with Crippen LogP contribution < -0.4 is 0 Å². The lowest BCUT2D eigenvalue weighted by Gasteiger charge is -2.06. The summed E-state index contributed by atoms with van der Waals surface area (Å²) in [5, 5.41) is 16.7. The Morgan fingerprint density at radius 1 is 1.37 bits per heavy atom. The molecule has 0 spiro atoms. The van der Waals surface area contributed by atoms with Crippen LogP contribution in [0.3, 0.4) is 0 Å². The third-order valence-electron chi connectivity index (χ3n) is 2.79. The summed E-state index contributed by atoms with van der Waals surface area (Å²) >= 11 is 0. The summed E-state index contributed by atoms with van der Waals surface area (Å²) in [6, 6.07) is 7.57. The van der Waals surface area contributed by atoms with E-state index >= 15 is 0 Å². The van der Waals surface area contributed by atoms with Gasteiger partial charge in [-0.05, 0) is 24.1 Å². The molecule has 100 valence electrons. The highest BCUT2D eigenvalue weighted by Gasteiger charge is 2.18. The molecule has 1 heterocycles. The molecule has 0 atom stereocenters. The number of aromatic carboxylic acids is 1. The second-order valence-electron chi connectivity index (χ2n) is 4.05. The first-order chi connectivity index (χ1) is 9.17. The maximum absolute atomic E-state index is 11.0. The number of hydrogen-bond donors (Lipinski definition) is 1. The van der Waals surface area contributed by atoms with Crippen molar-refractivity contribution in [3.05, 3.63) is 41.2 Å². The van der Waals surface area contributed by atoms with Crippen molar-refractivity contribution in [3.63, 3.8) is 0 Å². The second kappa shape index (κ2) is 5.62. The Kier molecular flexibility index (Phi) is 3.91. The first kappa shape index (κ1) is 13.2. The van der Waals surface area contributed by atoms with Crippen LogP contribution in [0.2, 0.25) is 0 Å². The molecule has 0 fully saturated rings. The molecule has 0 aliphatic rings. The quantitative estimate of drug-likeness (QED) is 0.886. The van der Waals surface area contributed by atoms with Gasteiger partial charge in [0.05, 0.1) is 18.0 Å². The van der Waals surface area contributed by atoms with E-state index in [0.717, 1.165) is 11.3 Å². The summed E-state index contributed by atoms with van der Waals surface area (Å²) in [5.74, 6) is -1.06. The topological polar surface area (TPSA) is 77.2 Å². The number of hydrogen-bond acceptors (Lipinski definition) is 4. The van der Waals surface area contributed by atoms with Gasteiger partial charge in [-0.3, -0.25) is 0 Å². The number of aromatic nitrogens is 3. The molecule has 2 aromatic rings. The van der Waals surface area contributed by atoms with Crippen molar-refractivity contribution in [1.82, 2.24) is 15.0 Å². The molecule has 0 bridgehead atoms. The molecule has 19 heavy (non-hydrogen) atoms. The summed E-state index contributed by atoms with van der Waals surface area (Å²) in [6.45, 7) is 2.42. The van der Waals surface area contributed by atoms with Gasteiger partial charge in [-0.15, -0.1) is 5.10 Å². The number of rotatable bonds is 5. The van der Waals surface area contributed by atoms with Gasteiger partial charge >= 0.3 is 5.97 Å². The fourth-order valence-electron chi connectivity index (χ4n) is 1.89. The fraction of sp³-hybridized carbons (Fsp3) is 0.308. The van der Waals surface area contributed by atoms with E-state index in [9.17, 15) is 4.79 Å². The zero-order chi connectivity index (χ0) is 13.8. The standard InChI is InChI=1S/C13H15N3O3/c1-3-11-12(13(17)18)14-15-16(11)10-6-4-9(5-7-10)8-19-2/h4-7H,3,8H2,1-2H3,(H,17,18). The Bertz CT molecular complexity index is 575. The van der Waals surface area contributed by atoms with E-state index in [0.29, 0.717) is 18.7 Å². The fourth-order valence-corrected chi connectivity index (χ4v) is 1.89. The first-order valence-corrected chi connectivity index (χ1v) is 5.93. The molecule has 1 aromatic heterocycles. The van der Waals surface area contributed by atoms with Gasteiger partial charge < -0.3 is 9.84 Å². The van der Waals surface area contributed by atoms with Crippen LogP contribution in [0.1, 0.15) is 28.7 Å². The van der Waals surface area contributed by atoms with Crippen molar-refractivity contribution >= 4 is 5.97 Å². The molecule has 0 unspecified atom stereocenters. The van der Waals surface area contributed by atoms with Crippen molar-refractivity contribution in [3.8, 4) is 5.69 Å². The van der Waals surface area contributed by atoms with Crippen molar-refractivity contribution in [2.75, 3.05) is 7.11 Å². The van der Waals surface area contributed by atoms with Crippen molar-refractivity contribution in [1.29, 1.82) is 0 Å². The van der Waals surface area contributed by atoms with Crippen molar-refractivity contribution < 1.29 is 14.6 Å². The molecule has 0 saturated carbocycles. The van der Waals surface area contributed by atoms with Gasteiger partial charge in [0.25, 0.3) is 0 Å². The predicted octanol–water partition coefficient (Wildman–Crippen LogP) is 1.67. The number of methoxy groups -OCH3 is 1. The van der Waals surface area contributed by atoms with Gasteiger partial charge in [0.2, 0.25) is 0 Å². The Morgan fingerprint density at radius 2 is 2.05 bits per heavy atom. The summed E-state index contributed by atoms with van der Waals surface area (Å²) < 4.78 is 6.60. The molecule has 0 amide bonds. The number of nitrogens with zero attached hydrogens (tertiary/aromatic N) is 3. The number of carboxylic acids is 1. The van der Waals surface area contributed by atoms with Gasteiger partial charge in [0.1, 0.15) is 0 Å². The number of carbonyl (C=O) groups is 1. The lowest BCUT2D eigenvalue weighted by atomic mass is 10.2. The maximum Gasteiger partial charge on any atom is 0.358 e. The van der Waals surface area contributed by atoms with Crippen LogP contribution >= 0.6 is 0 Å². The van der Waals surface area contributed by atoms with E-state index in [2.05, 4.69) is 10.3 Å². The van der Waals surface area contributed by atoms with E-state index in [-0.39, 0.29) is 5.69 Å². The van der Waals surface area contributed by atoms with Crippen LogP contribution in [-0.2, 0) is 17.8 Å². The van der Waals surface area contributed by atoms with E-state index in [1.165, 1.54) is 0 Å². The smallest absolute Gasteiger partial charge is 0.358 e. The maximum atomic E-state index is 11.0. The second-order valence-corrected chi connectivity index (χ2v) is 4.05. The van der Waals surface area contributed by atoms with Gasteiger partial charge in [0, 0.05) is 7.11 Å². The van der Waals surface area contributed by atoms with Gasteiger partial charge in [-0.2, -0.15) is 0 Å². The van der Waals surface area contributed by atoms with Crippen LogP contribution in [0.5, 0.6) is 0 Å². The number of benzene rings is 1. The highest BCUT2D eigenvalue weighted by Crippen LogP contribution is 2.15. The normalized spacial score (nSPS) is 10.6. The Hall–Kier alpha value is -2.21. The van der Waals surface area contributed by atoms with Crippen LogP contribution in [0.4, 0.5) is 0 Å². The molecular weight excluding hydrogens is 246 g/mol. The Balaban J connectivity index is 2.38. The molecule has 1 N–H and O–H groups in total. The van der Waals surface area contributed by atoms with Gasteiger partial charge in [-0.25, -0.2) is 9.48 Å². The van der Waals surface area contributed by atoms with Crippen LogP contribution in [0.15, 0.2) is 24.3 Å². The van der Waals surface area contributed by atoms with E-state index in [1.54, 1.807) is 11.8 Å². The summed E-state index contributed by atoms with van der Waals surface area (Å²) in [6.07, 6.45) is 0.550. The zero-order valence-corrected chi connectivity index (χ0v) is 10.8. The largest absolute Gasteiger partial charge is 0.476 e. The molecule has 0 radical (unpaired) electrons. The van der Waals surface area contributed by atoms with Gasteiger partial charge in [-0.1, -0.05) is 24.3 Å². The Labute approximate surface area is 110 Å². The summed E-state index contributed by atoms with van der Waals surface area (Å²) in [7, 11) is 1.64. The highest BCUT2D eigenvalue weighted by molar-refractivity contribution is 5.86. The molecule has 2 rings (SSSR count). The molecule has 0 saturated heterocycles. The van der Waals surface area contributed by atoms with E-state index in [1.807, 2.05) is 31.2 Å². The lowest BCUT2D eigenvalue weighted by Crippen LogP contribution is -2.06. The lowest BCUT2D eigenvalue weighted by molar-refractivity contribution is 0.0689. The predicted molar refractivity (Wildman–Crippen MR) is 68.4 cm³/mol. The number of carboxylic acid groups (broad SMARTS) is 1. The Morgan fingerprint density at radius 3 is 2.58 bits per heavy atom. The average molecular weight is 261 g/mol. The molecular formula is C13H15N3O3. The number of ether oxygens (including phenoxy) is 1. The molecule has 0 aliphatic heterocycles. The third-order valence-corrected chi connectivity index (χ3v) is 2.79. The minimum atomic E-state index is -1.06. The average Bonchev–Trinajstić information content (AvgIpc) is 2.84. The van der Waals surface area contributed by atoms with E-state index in [4.69, 9.17) is 9.84 Å². The minimum absolute atomic E-state index is 0.00321. The van der Waals surface area contributed by atoms with Crippen LogP contribution in [0.25, 0.3) is 5.69 Å². The van der Waals surface area contributed by atoms with Crippen molar-refractivity contribution in [2.45, 2.75) is 20.0 Å². The SMILES string of the molecule is CCc1c(C(=O)O)nnn1-c1ccc(COC)cc1. The third kappa shape index (κ3) is 2.63. The van der Waals surface area contributed by atoms with Gasteiger partial charge in [0.15, 0.2) is 5.69 Å². The first-order valence-electron chi connectivity index (χ1n) is 5.93. The molecule has 0 aliphatic carbocycles. The summed E-state index contributed by atoms with van der Waals surface area (Å²) in [4.78, 5) is 11.0.